The maximum Gasteiger partial charge on any atom is 0.226 e. The van der Waals surface area contributed by atoms with Gasteiger partial charge in [-0.3, -0.25) is 9.59 Å². The summed E-state index contributed by atoms with van der Waals surface area (Å²) in [6.45, 7) is 1.78. The average molecular weight is 307 g/mol. The van der Waals surface area contributed by atoms with Gasteiger partial charge in [0.2, 0.25) is 11.8 Å². The van der Waals surface area contributed by atoms with Crippen LogP contribution in [0.5, 0.6) is 0 Å². The van der Waals surface area contributed by atoms with E-state index in [1.54, 1.807) is 29.2 Å². The zero-order valence-electron chi connectivity index (χ0n) is 12.8. The Labute approximate surface area is 135 Å². The number of nitriles is 1. The number of benzene rings is 2. The Bertz CT molecular complexity index is 718. The lowest BCUT2D eigenvalue weighted by atomic mass is 10.2. The normalized spacial score (nSPS) is 9.74. The van der Waals surface area contributed by atoms with Crippen LogP contribution < -0.4 is 10.2 Å². The standard InChI is InChI=1S/C18H17N3O2/c1-14(22)21(17-5-3-2-4-6-17)12-11-18(23)20-16-9-7-15(13-19)8-10-16/h2-10H,11-12H2,1H3,(H,20,23). The Morgan fingerprint density at radius 3 is 2.30 bits per heavy atom. The monoisotopic (exact) mass is 307 g/mol. The summed E-state index contributed by atoms with van der Waals surface area (Å²) in [6, 6.07) is 17.9. The molecule has 0 fully saturated rings. The van der Waals surface area contributed by atoms with Crippen molar-refractivity contribution >= 4 is 23.2 Å². The van der Waals surface area contributed by atoms with Crippen LogP contribution in [0.3, 0.4) is 0 Å². The van der Waals surface area contributed by atoms with Crippen LogP contribution in [0.25, 0.3) is 0 Å². The van der Waals surface area contributed by atoms with Crippen molar-refractivity contribution in [3.63, 3.8) is 0 Å². The Kier molecular flexibility index (Phi) is 5.48. The predicted octanol–water partition coefficient (Wildman–Crippen LogP) is 2.94. The summed E-state index contributed by atoms with van der Waals surface area (Å²) in [5, 5.41) is 11.5. The minimum atomic E-state index is -0.183. The minimum absolute atomic E-state index is 0.109. The fourth-order valence-corrected chi connectivity index (χ4v) is 2.14. The second-order valence-corrected chi connectivity index (χ2v) is 4.99. The van der Waals surface area contributed by atoms with Gasteiger partial charge >= 0.3 is 0 Å². The summed E-state index contributed by atoms with van der Waals surface area (Å²) in [5.74, 6) is -0.292. The van der Waals surface area contributed by atoms with E-state index in [4.69, 9.17) is 5.26 Å². The summed E-state index contributed by atoms with van der Waals surface area (Å²) in [6.07, 6.45) is 0.189. The molecule has 0 heterocycles. The Hall–Kier alpha value is -3.13. The van der Waals surface area contributed by atoms with Gasteiger partial charge in [0.25, 0.3) is 0 Å². The number of nitrogens with one attached hydrogen (secondary N) is 1. The molecule has 1 N–H and O–H groups in total. The SMILES string of the molecule is CC(=O)N(CCC(=O)Nc1ccc(C#N)cc1)c1ccccc1. The summed E-state index contributed by atoms with van der Waals surface area (Å²) < 4.78 is 0. The van der Waals surface area contributed by atoms with Crippen molar-refractivity contribution in [3.05, 3.63) is 60.2 Å². The van der Waals surface area contributed by atoms with Gasteiger partial charge < -0.3 is 10.2 Å². The van der Waals surface area contributed by atoms with E-state index in [1.807, 2.05) is 36.4 Å². The van der Waals surface area contributed by atoms with Gasteiger partial charge in [0, 0.05) is 31.3 Å². The van der Waals surface area contributed by atoms with Crippen molar-refractivity contribution in [1.29, 1.82) is 5.26 Å². The van der Waals surface area contributed by atoms with Crippen LogP contribution >= 0.6 is 0 Å². The van der Waals surface area contributed by atoms with Crippen LogP contribution in [0.1, 0.15) is 18.9 Å². The smallest absolute Gasteiger partial charge is 0.226 e. The molecule has 5 nitrogen and oxygen atoms in total. The quantitative estimate of drug-likeness (QED) is 0.923. The zero-order valence-corrected chi connectivity index (χ0v) is 12.8. The molecule has 23 heavy (non-hydrogen) atoms. The number of anilines is 2. The predicted molar refractivity (Wildman–Crippen MR) is 88.9 cm³/mol. The molecule has 2 amide bonds. The number of hydrogen-bond acceptors (Lipinski definition) is 3. The molecular weight excluding hydrogens is 290 g/mol. The Morgan fingerprint density at radius 2 is 1.74 bits per heavy atom. The average Bonchev–Trinajstić information content (AvgIpc) is 2.56. The maximum atomic E-state index is 12.0. The van der Waals surface area contributed by atoms with E-state index < -0.39 is 0 Å². The largest absolute Gasteiger partial charge is 0.326 e. The topological polar surface area (TPSA) is 73.2 Å². The molecular formula is C18H17N3O2. The second kappa shape index (κ2) is 7.76. The highest BCUT2D eigenvalue weighted by Crippen LogP contribution is 2.14. The van der Waals surface area contributed by atoms with E-state index in [2.05, 4.69) is 5.32 Å². The molecule has 0 saturated heterocycles. The summed E-state index contributed by atoms with van der Waals surface area (Å²) in [4.78, 5) is 25.3. The highest BCUT2D eigenvalue weighted by molar-refractivity contribution is 5.94. The molecule has 0 aromatic heterocycles. The van der Waals surface area contributed by atoms with Crippen molar-refractivity contribution in [2.24, 2.45) is 0 Å². The van der Waals surface area contributed by atoms with E-state index in [1.165, 1.54) is 6.92 Å². The number of carbonyl (C=O) groups is 2. The molecule has 0 aliphatic rings. The molecule has 0 radical (unpaired) electrons. The van der Waals surface area contributed by atoms with Crippen LogP contribution in [0.2, 0.25) is 0 Å². The number of nitrogens with zero attached hydrogens (tertiary/aromatic N) is 2. The van der Waals surface area contributed by atoms with Gasteiger partial charge in [-0.2, -0.15) is 5.26 Å². The first-order chi connectivity index (χ1) is 11.1. The molecule has 2 aromatic rings. The molecule has 0 saturated carbocycles. The minimum Gasteiger partial charge on any atom is -0.326 e. The maximum absolute atomic E-state index is 12.0. The highest BCUT2D eigenvalue weighted by Gasteiger charge is 2.13. The number of amides is 2. The molecule has 116 valence electrons. The van der Waals surface area contributed by atoms with Gasteiger partial charge in [-0.1, -0.05) is 18.2 Å². The van der Waals surface area contributed by atoms with E-state index in [0.717, 1.165) is 5.69 Å². The van der Waals surface area contributed by atoms with Gasteiger partial charge in [-0.15, -0.1) is 0 Å². The van der Waals surface area contributed by atoms with Crippen LogP contribution in [0, 0.1) is 11.3 Å². The van der Waals surface area contributed by atoms with Crippen molar-refractivity contribution in [3.8, 4) is 6.07 Å². The molecule has 2 aromatic carbocycles. The third kappa shape index (κ3) is 4.68. The van der Waals surface area contributed by atoms with Crippen LogP contribution in [0.4, 0.5) is 11.4 Å². The van der Waals surface area contributed by atoms with Gasteiger partial charge in [-0.05, 0) is 36.4 Å². The van der Waals surface area contributed by atoms with E-state index in [0.29, 0.717) is 17.8 Å². The van der Waals surface area contributed by atoms with Crippen molar-refractivity contribution in [2.75, 3.05) is 16.8 Å². The molecule has 5 heteroatoms. The molecule has 0 bridgehead atoms. The van der Waals surface area contributed by atoms with Gasteiger partial charge in [0.15, 0.2) is 0 Å². The fourth-order valence-electron chi connectivity index (χ4n) is 2.14. The van der Waals surface area contributed by atoms with Crippen molar-refractivity contribution < 1.29 is 9.59 Å². The van der Waals surface area contributed by atoms with Crippen molar-refractivity contribution in [2.45, 2.75) is 13.3 Å². The first-order valence-electron chi connectivity index (χ1n) is 7.23. The zero-order chi connectivity index (χ0) is 16.7. The summed E-state index contributed by atoms with van der Waals surface area (Å²) in [7, 11) is 0. The molecule has 2 rings (SSSR count). The fraction of sp³-hybridized carbons (Fsp3) is 0.167. The summed E-state index contributed by atoms with van der Waals surface area (Å²) in [5.41, 5.74) is 1.93. The third-order valence-electron chi connectivity index (χ3n) is 3.31. The van der Waals surface area contributed by atoms with Crippen LogP contribution in [0.15, 0.2) is 54.6 Å². The lowest BCUT2D eigenvalue weighted by Gasteiger charge is -2.20. The van der Waals surface area contributed by atoms with Gasteiger partial charge in [0.05, 0.1) is 11.6 Å². The summed E-state index contributed by atoms with van der Waals surface area (Å²) >= 11 is 0. The second-order valence-electron chi connectivity index (χ2n) is 4.99. The molecule has 0 unspecified atom stereocenters. The lowest BCUT2D eigenvalue weighted by Crippen LogP contribution is -2.31. The first-order valence-corrected chi connectivity index (χ1v) is 7.23. The van der Waals surface area contributed by atoms with Crippen molar-refractivity contribution in [1.82, 2.24) is 0 Å². The third-order valence-corrected chi connectivity index (χ3v) is 3.31. The lowest BCUT2D eigenvalue weighted by molar-refractivity contribution is -0.117. The van der Waals surface area contributed by atoms with Gasteiger partial charge in [-0.25, -0.2) is 0 Å². The number of hydrogen-bond donors (Lipinski definition) is 1. The first kappa shape index (κ1) is 16.2. The Balaban J connectivity index is 1.94. The van der Waals surface area contributed by atoms with E-state index in [9.17, 15) is 9.59 Å². The molecule has 0 atom stereocenters. The Morgan fingerprint density at radius 1 is 1.09 bits per heavy atom. The van der Waals surface area contributed by atoms with E-state index >= 15 is 0 Å². The number of rotatable bonds is 5. The van der Waals surface area contributed by atoms with Crippen LogP contribution in [-0.4, -0.2) is 18.4 Å². The number of carbonyl (C=O) groups excluding carboxylic acids is 2. The molecule has 0 spiro atoms. The highest BCUT2D eigenvalue weighted by atomic mass is 16.2. The van der Waals surface area contributed by atoms with Crippen LogP contribution in [-0.2, 0) is 9.59 Å². The van der Waals surface area contributed by atoms with Gasteiger partial charge in [0.1, 0.15) is 0 Å². The molecule has 0 aliphatic heterocycles. The van der Waals surface area contributed by atoms with E-state index in [-0.39, 0.29) is 18.2 Å². The molecule has 0 aliphatic carbocycles. The number of para-hydroxylation sites is 1.